The second-order valence-corrected chi connectivity index (χ2v) is 7.53. The quantitative estimate of drug-likeness (QED) is 0.528. The van der Waals surface area contributed by atoms with Gasteiger partial charge in [0.2, 0.25) is 0 Å². The molecule has 0 aromatic heterocycles. The van der Waals surface area contributed by atoms with Crippen LogP contribution in [0.15, 0.2) is 78.9 Å². The third-order valence-electron chi connectivity index (χ3n) is 4.77. The van der Waals surface area contributed by atoms with Gasteiger partial charge in [-0.2, -0.15) is 0 Å². The minimum absolute atomic E-state index is 0.000850. The van der Waals surface area contributed by atoms with Crippen LogP contribution in [0.4, 0.5) is 0 Å². The minimum Gasteiger partial charge on any atom is -0.456 e. The van der Waals surface area contributed by atoms with Gasteiger partial charge in [-0.05, 0) is 17.2 Å². The third kappa shape index (κ3) is 3.49. The number of ether oxygens (including phenoxy) is 1. The van der Waals surface area contributed by atoms with Gasteiger partial charge in [0.15, 0.2) is 0 Å². The Morgan fingerprint density at radius 3 is 2.18 bits per heavy atom. The van der Waals surface area contributed by atoms with Crippen molar-refractivity contribution in [2.45, 2.75) is 11.7 Å². The number of hydrogen-bond acceptors (Lipinski definition) is 4. The number of rotatable bonds is 5. The van der Waals surface area contributed by atoms with E-state index in [1.165, 1.54) is 0 Å². The molecule has 4 rings (SSSR count). The Morgan fingerprint density at radius 1 is 0.821 bits per heavy atom. The minimum atomic E-state index is -2.48. The van der Waals surface area contributed by atoms with Gasteiger partial charge in [0.1, 0.15) is 28.5 Å². The molecule has 0 aliphatic carbocycles. The first-order valence-corrected chi connectivity index (χ1v) is 10.3. The zero-order valence-electron chi connectivity index (χ0n) is 14.9. The lowest BCUT2D eigenvalue weighted by Gasteiger charge is -2.28. The van der Waals surface area contributed by atoms with E-state index in [0.29, 0.717) is 17.1 Å². The summed E-state index contributed by atoms with van der Waals surface area (Å²) in [4.78, 5) is 12.1. The summed E-state index contributed by atoms with van der Waals surface area (Å²) in [6.45, 7) is 0. The lowest BCUT2D eigenvalue weighted by atomic mass is 9.83. The van der Waals surface area contributed by atoms with Crippen LogP contribution in [-0.2, 0) is 21.3 Å². The van der Waals surface area contributed by atoms with Gasteiger partial charge in [-0.15, -0.1) is 0 Å². The first-order chi connectivity index (χ1) is 13.7. The van der Waals surface area contributed by atoms with Crippen LogP contribution in [0.3, 0.4) is 0 Å². The fourth-order valence-electron chi connectivity index (χ4n) is 3.49. The van der Waals surface area contributed by atoms with Gasteiger partial charge >= 0.3 is 0 Å². The molecule has 5 heteroatoms. The molecule has 0 bridgehead atoms. The summed E-state index contributed by atoms with van der Waals surface area (Å²) < 4.78 is 28.2. The molecule has 0 saturated heterocycles. The molecule has 1 unspecified atom stereocenters. The Kier molecular flexibility index (Phi) is 5.08. The molecular weight excluding hydrogens is 372 g/mol. The number of carbonyl (C=O) groups is 1. The van der Waals surface area contributed by atoms with E-state index in [2.05, 4.69) is 0 Å². The highest BCUT2D eigenvalue weighted by Crippen LogP contribution is 2.45. The van der Waals surface area contributed by atoms with Gasteiger partial charge in [-0.1, -0.05) is 72.8 Å². The molecule has 3 aromatic rings. The van der Waals surface area contributed by atoms with E-state index in [1.807, 2.05) is 66.7 Å². The van der Waals surface area contributed by atoms with Crippen LogP contribution in [0, 0.1) is 0 Å². The Morgan fingerprint density at radius 2 is 1.50 bits per heavy atom. The molecule has 1 heterocycles. The van der Waals surface area contributed by atoms with Gasteiger partial charge in [-0.25, -0.2) is 8.42 Å². The molecular formula is C23H18O4S. The van der Waals surface area contributed by atoms with Crippen LogP contribution in [-0.4, -0.2) is 14.7 Å². The molecule has 1 aliphatic heterocycles. The van der Waals surface area contributed by atoms with Crippen molar-refractivity contribution in [1.29, 1.82) is 0 Å². The summed E-state index contributed by atoms with van der Waals surface area (Å²) in [5.41, 5.74) is 4.06. The average molecular weight is 390 g/mol. The van der Waals surface area contributed by atoms with Crippen LogP contribution in [0.25, 0.3) is 11.3 Å². The standard InChI is InChI=1S/C23H18O4S/c24-14-20-19-8-4-5-9-21(19)27-23(22(20)17-6-2-1-3-7-17)18-12-10-16(11-13-18)15-28(25)26/h1-14,20,28H,15H2. The van der Waals surface area contributed by atoms with Crippen molar-refractivity contribution in [3.63, 3.8) is 0 Å². The smallest absolute Gasteiger partial charge is 0.144 e. The molecule has 0 fully saturated rings. The Hall–Kier alpha value is -3.18. The maximum atomic E-state index is 12.1. The van der Waals surface area contributed by atoms with Crippen molar-refractivity contribution in [2.24, 2.45) is 0 Å². The zero-order valence-corrected chi connectivity index (χ0v) is 15.8. The molecule has 0 spiro atoms. The SMILES string of the molecule is O=CC1C(c2ccccc2)=C(c2ccc(C[SH](=O)=O)cc2)Oc2ccccc21. The van der Waals surface area contributed by atoms with E-state index in [0.717, 1.165) is 28.5 Å². The maximum Gasteiger partial charge on any atom is 0.144 e. The predicted octanol–water partition coefficient (Wildman–Crippen LogP) is 4.04. The summed E-state index contributed by atoms with van der Waals surface area (Å²) in [6.07, 6.45) is 0.945. The molecule has 1 atom stereocenters. The first-order valence-electron chi connectivity index (χ1n) is 8.90. The van der Waals surface area contributed by atoms with Crippen LogP contribution in [0.1, 0.15) is 28.2 Å². The largest absolute Gasteiger partial charge is 0.456 e. The molecule has 3 aromatic carbocycles. The van der Waals surface area contributed by atoms with E-state index in [4.69, 9.17) is 4.74 Å². The van der Waals surface area contributed by atoms with Gasteiger partial charge < -0.3 is 9.53 Å². The summed E-state index contributed by atoms with van der Waals surface area (Å²) in [5, 5.41) is 0. The summed E-state index contributed by atoms with van der Waals surface area (Å²) in [7, 11) is -2.48. The van der Waals surface area contributed by atoms with Crippen LogP contribution < -0.4 is 4.74 Å². The second-order valence-electron chi connectivity index (χ2n) is 6.55. The Labute approximate surface area is 165 Å². The van der Waals surface area contributed by atoms with E-state index in [-0.39, 0.29) is 5.75 Å². The number of para-hydroxylation sites is 1. The molecule has 0 amide bonds. The van der Waals surface area contributed by atoms with E-state index >= 15 is 0 Å². The number of allylic oxidation sites excluding steroid dienone is 1. The number of hydrogen-bond donors (Lipinski definition) is 1. The number of benzene rings is 3. The number of aldehydes is 1. The van der Waals surface area contributed by atoms with Crippen molar-refractivity contribution in [3.8, 4) is 5.75 Å². The summed E-state index contributed by atoms with van der Waals surface area (Å²) in [5.74, 6) is 0.820. The molecule has 28 heavy (non-hydrogen) atoms. The summed E-state index contributed by atoms with van der Waals surface area (Å²) in [6, 6.07) is 24.4. The van der Waals surface area contributed by atoms with E-state index < -0.39 is 16.6 Å². The van der Waals surface area contributed by atoms with Crippen molar-refractivity contribution < 1.29 is 17.9 Å². The third-order valence-corrected chi connectivity index (χ3v) is 5.39. The highest BCUT2D eigenvalue weighted by molar-refractivity contribution is 7.71. The lowest BCUT2D eigenvalue weighted by Crippen LogP contribution is -2.15. The maximum absolute atomic E-state index is 12.1. The fraction of sp³-hybridized carbons (Fsp3) is 0.0870. The van der Waals surface area contributed by atoms with Gasteiger partial charge in [0, 0.05) is 16.7 Å². The van der Waals surface area contributed by atoms with Gasteiger partial charge in [-0.3, -0.25) is 0 Å². The highest BCUT2D eigenvalue weighted by atomic mass is 32.2. The normalized spacial score (nSPS) is 15.8. The van der Waals surface area contributed by atoms with E-state index in [1.54, 1.807) is 12.1 Å². The van der Waals surface area contributed by atoms with Crippen molar-refractivity contribution in [3.05, 3.63) is 101 Å². The fourth-order valence-corrected chi connectivity index (χ4v) is 4.00. The van der Waals surface area contributed by atoms with Gasteiger partial charge in [0.05, 0.1) is 11.7 Å². The number of carbonyl (C=O) groups excluding carboxylic acids is 1. The zero-order chi connectivity index (χ0) is 19.5. The molecule has 0 saturated carbocycles. The monoisotopic (exact) mass is 390 g/mol. The highest BCUT2D eigenvalue weighted by Gasteiger charge is 2.31. The van der Waals surface area contributed by atoms with Crippen LogP contribution in [0.2, 0.25) is 0 Å². The van der Waals surface area contributed by atoms with Crippen molar-refractivity contribution in [2.75, 3.05) is 0 Å². The summed E-state index contributed by atoms with van der Waals surface area (Å²) >= 11 is 0. The Bertz CT molecular complexity index is 1100. The second kappa shape index (κ2) is 7.82. The molecule has 0 radical (unpaired) electrons. The van der Waals surface area contributed by atoms with Crippen molar-refractivity contribution >= 4 is 28.3 Å². The van der Waals surface area contributed by atoms with E-state index in [9.17, 15) is 13.2 Å². The molecule has 0 N–H and O–H groups in total. The molecule has 140 valence electrons. The molecule has 4 nitrogen and oxygen atoms in total. The van der Waals surface area contributed by atoms with Crippen LogP contribution >= 0.6 is 0 Å². The average Bonchev–Trinajstić information content (AvgIpc) is 2.73. The van der Waals surface area contributed by atoms with Crippen molar-refractivity contribution in [1.82, 2.24) is 0 Å². The topological polar surface area (TPSA) is 60.4 Å². The lowest BCUT2D eigenvalue weighted by molar-refractivity contribution is -0.108. The van der Waals surface area contributed by atoms with Gasteiger partial charge in [0.25, 0.3) is 0 Å². The predicted molar refractivity (Wildman–Crippen MR) is 110 cm³/mol. The number of thiol groups is 1. The number of fused-ring (bicyclic) bond motifs is 1. The van der Waals surface area contributed by atoms with Crippen LogP contribution in [0.5, 0.6) is 5.75 Å². The first kappa shape index (κ1) is 18.2. The Balaban J connectivity index is 1.89. The molecule has 1 aliphatic rings.